The summed E-state index contributed by atoms with van der Waals surface area (Å²) in [4.78, 5) is 16.4. The molecule has 12 heteroatoms. The van der Waals surface area contributed by atoms with Crippen LogP contribution in [0.1, 0.15) is 61.9 Å². The van der Waals surface area contributed by atoms with Crippen molar-refractivity contribution in [3.63, 3.8) is 0 Å². The zero-order valence-corrected chi connectivity index (χ0v) is 23.2. The van der Waals surface area contributed by atoms with Crippen molar-refractivity contribution < 1.29 is 45.3 Å². The van der Waals surface area contributed by atoms with E-state index in [1.807, 2.05) is 6.92 Å². The number of nitrogens with zero attached hydrogens (tertiary/aromatic N) is 2. The molecule has 1 aliphatic rings. The van der Waals surface area contributed by atoms with E-state index < -0.39 is 42.2 Å². The summed E-state index contributed by atoms with van der Waals surface area (Å²) in [6, 6.07) is 3.91. The van der Waals surface area contributed by atoms with Gasteiger partial charge >= 0.3 is 18.4 Å². The number of rotatable bonds is 8. The maximum absolute atomic E-state index is 13.5. The minimum Gasteiger partial charge on any atom is -0.493 e. The highest BCUT2D eigenvalue weighted by Gasteiger charge is 2.40. The molecule has 1 unspecified atom stereocenters. The molecule has 3 atom stereocenters. The van der Waals surface area contributed by atoms with Gasteiger partial charge in [-0.15, -0.1) is 0 Å². The molecule has 3 rings (SSSR count). The Morgan fingerprint density at radius 2 is 1.52 bits per heavy atom. The Morgan fingerprint density at radius 1 is 0.975 bits per heavy atom. The van der Waals surface area contributed by atoms with Crippen LogP contribution in [0, 0.1) is 5.92 Å². The van der Waals surface area contributed by atoms with Gasteiger partial charge in [-0.2, -0.15) is 26.3 Å². The van der Waals surface area contributed by atoms with Crippen molar-refractivity contribution in [1.82, 2.24) is 4.90 Å². The second-order valence-electron chi connectivity index (χ2n) is 10.0. The molecule has 1 amide bonds. The lowest BCUT2D eigenvalue weighted by molar-refractivity contribution is -0.143. The Labute approximate surface area is 229 Å². The third kappa shape index (κ3) is 6.69. The fourth-order valence-corrected chi connectivity index (χ4v) is 4.98. The fourth-order valence-electron chi connectivity index (χ4n) is 4.98. The van der Waals surface area contributed by atoms with Crippen LogP contribution >= 0.6 is 0 Å². The van der Waals surface area contributed by atoms with Crippen LogP contribution in [0.4, 0.5) is 36.8 Å². The molecule has 1 aliphatic heterocycles. The summed E-state index contributed by atoms with van der Waals surface area (Å²) < 4.78 is 97.1. The molecule has 0 fully saturated rings. The fraction of sp³-hybridized carbons (Fsp3) is 0.536. The summed E-state index contributed by atoms with van der Waals surface area (Å²) >= 11 is 0. The number of ether oxygens (including phenoxy) is 3. The van der Waals surface area contributed by atoms with Gasteiger partial charge in [0.25, 0.3) is 0 Å². The highest BCUT2D eigenvalue weighted by molar-refractivity contribution is 5.71. The zero-order valence-electron chi connectivity index (χ0n) is 23.2. The van der Waals surface area contributed by atoms with E-state index in [1.54, 1.807) is 12.1 Å². The Bertz CT molecular complexity index is 1170. The minimum atomic E-state index is -5.02. The van der Waals surface area contributed by atoms with Gasteiger partial charge in [0.15, 0.2) is 11.5 Å². The first-order chi connectivity index (χ1) is 18.6. The summed E-state index contributed by atoms with van der Waals surface area (Å²) in [6.45, 7) is 6.27. The number of carbonyl (C=O) groups is 1. The summed E-state index contributed by atoms with van der Waals surface area (Å²) in [5.74, 6) is 1.13. The van der Waals surface area contributed by atoms with Crippen molar-refractivity contribution in [1.29, 1.82) is 0 Å². The second kappa shape index (κ2) is 12.1. The summed E-state index contributed by atoms with van der Waals surface area (Å²) in [5.41, 5.74) is -1.89. The number of amides is 1. The highest BCUT2D eigenvalue weighted by atomic mass is 19.4. The first-order valence-corrected chi connectivity index (χ1v) is 12.8. The van der Waals surface area contributed by atoms with Crippen LogP contribution in [0.2, 0.25) is 0 Å². The summed E-state index contributed by atoms with van der Waals surface area (Å²) in [7, 11) is 4.04. The second-order valence-corrected chi connectivity index (χ2v) is 10.0. The lowest BCUT2D eigenvalue weighted by Gasteiger charge is -2.45. The van der Waals surface area contributed by atoms with Crippen LogP contribution < -0.4 is 14.4 Å². The number of fused-ring (bicyclic) bond motifs is 1. The number of halogens is 6. The van der Waals surface area contributed by atoms with E-state index in [0.29, 0.717) is 48.1 Å². The molecule has 0 saturated carbocycles. The number of benzene rings is 2. The molecule has 222 valence electrons. The van der Waals surface area contributed by atoms with Gasteiger partial charge in [0.1, 0.15) is 0 Å². The van der Waals surface area contributed by atoms with Gasteiger partial charge in [0.05, 0.1) is 38.5 Å². The van der Waals surface area contributed by atoms with Crippen LogP contribution in [0.3, 0.4) is 0 Å². The lowest BCUT2D eigenvalue weighted by Crippen LogP contribution is -2.46. The maximum atomic E-state index is 13.5. The van der Waals surface area contributed by atoms with E-state index in [-0.39, 0.29) is 17.7 Å². The van der Waals surface area contributed by atoms with Gasteiger partial charge in [0, 0.05) is 36.4 Å². The third-order valence-electron chi connectivity index (χ3n) is 7.29. The molecule has 1 heterocycles. The van der Waals surface area contributed by atoms with Gasteiger partial charge in [-0.05, 0) is 49.1 Å². The molecule has 0 spiro atoms. The molecule has 40 heavy (non-hydrogen) atoms. The Hall–Kier alpha value is -3.31. The van der Waals surface area contributed by atoms with E-state index in [4.69, 9.17) is 14.2 Å². The van der Waals surface area contributed by atoms with E-state index in [9.17, 15) is 31.1 Å². The Morgan fingerprint density at radius 3 is 2.00 bits per heavy atom. The number of hydrogen-bond acceptors (Lipinski definition) is 5. The van der Waals surface area contributed by atoms with Crippen LogP contribution in [0.15, 0.2) is 30.3 Å². The van der Waals surface area contributed by atoms with Crippen molar-refractivity contribution in [2.75, 3.05) is 32.8 Å². The van der Waals surface area contributed by atoms with Crippen molar-refractivity contribution in [3.05, 3.63) is 52.6 Å². The van der Waals surface area contributed by atoms with Crippen molar-refractivity contribution in [3.8, 4) is 11.5 Å². The molecule has 0 N–H and O–H groups in total. The first kappa shape index (κ1) is 31.2. The van der Waals surface area contributed by atoms with E-state index in [0.717, 1.165) is 24.1 Å². The van der Waals surface area contributed by atoms with Gasteiger partial charge < -0.3 is 19.1 Å². The maximum Gasteiger partial charge on any atom is 0.416 e. The van der Waals surface area contributed by atoms with Crippen LogP contribution in [-0.4, -0.2) is 44.9 Å². The van der Waals surface area contributed by atoms with Gasteiger partial charge in [-0.3, -0.25) is 4.90 Å². The monoisotopic (exact) mass is 576 g/mol. The van der Waals surface area contributed by atoms with Crippen molar-refractivity contribution >= 4 is 11.8 Å². The molecule has 2 aromatic rings. The van der Waals surface area contributed by atoms with Gasteiger partial charge in [-0.25, -0.2) is 4.79 Å². The SMILES string of the molecule is CCC(C)CN1c2cc(OC)c(OC)cc2[C@H](N(Cc2cc(C(F)(F)F)cc(C(F)(F)F)c2)C(=O)OC)C[C@@H]1C. The average Bonchev–Trinajstić information content (AvgIpc) is 2.90. The van der Waals surface area contributed by atoms with E-state index in [2.05, 4.69) is 18.7 Å². The molecule has 0 saturated heterocycles. The van der Waals surface area contributed by atoms with Crippen molar-refractivity contribution in [2.24, 2.45) is 5.92 Å². The van der Waals surface area contributed by atoms with E-state index >= 15 is 0 Å². The highest BCUT2D eigenvalue weighted by Crippen LogP contribution is 2.47. The molecule has 0 aliphatic carbocycles. The number of anilines is 1. The van der Waals surface area contributed by atoms with E-state index in [1.165, 1.54) is 14.2 Å². The molecule has 0 bridgehead atoms. The number of hydrogen-bond donors (Lipinski definition) is 0. The standard InChI is InChI=1S/C28H34F6N2O4/c1-7-16(2)14-35-17(3)8-22(21-12-24(38-4)25(39-5)13-23(21)35)36(26(37)40-6)15-18-9-19(27(29,30)31)11-20(10-18)28(32,33)34/h9-13,16-17,22H,7-8,14-15H2,1-6H3/t16?,17-,22+/m0/s1. The largest absolute Gasteiger partial charge is 0.493 e. The van der Waals surface area contributed by atoms with Crippen molar-refractivity contribution in [2.45, 2.75) is 64.6 Å². The van der Waals surface area contributed by atoms with Gasteiger partial charge in [-0.1, -0.05) is 20.3 Å². The predicted molar refractivity (Wildman–Crippen MR) is 138 cm³/mol. The normalized spacial score (nSPS) is 18.1. The molecule has 0 aromatic heterocycles. The third-order valence-corrected chi connectivity index (χ3v) is 7.29. The first-order valence-electron chi connectivity index (χ1n) is 12.8. The lowest BCUT2D eigenvalue weighted by atomic mass is 9.88. The minimum absolute atomic E-state index is 0.0634. The molecular weight excluding hydrogens is 542 g/mol. The molecule has 6 nitrogen and oxygen atoms in total. The van der Waals surface area contributed by atoms with Crippen LogP contribution in [0.5, 0.6) is 11.5 Å². The molecule has 0 radical (unpaired) electrons. The zero-order chi connectivity index (χ0) is 30.0. The van der Waals surface area contributed by atoms with Crippen LogP contribution in [-0.2, 0) is 23.6 Å². The topological polar surface area (TPSA) is 51.2 Å². The van der Waals surface area contributed by atoms with Crippen LogP contribution in [0.25, 0.3) is 0 Å². The molecular formula is C28H34F6N2O4. The summed E-state index contributed by atoms with van der Waals surface area (Å²) in [6.07, 6.45) is -9.66. The number of alkyl halides is 6. The smallest absolute Gasteiger partial charge is 0.416 e. The quantitative estimate of drug-likeness (QED) is 0.302. The predicted octanol–water partition coefficient (Wildman–Crippen LogP) is 7.70. The average molecular weight is 577 g/mol. The Kier molecular flexibility index (Phi) is 9.41. The van der Waals surface area contributed by atoms with Gasteiger partial charge in [0.2, 0.25) is 0 Å². The summed E-state index contributed by atoms with van der Waals surface area (Å²) in [5, 5.41) is 0. The number of carbonyl (C=O) groups excluding carboxylic acids is 1. The molecule has 2 aromatic carbocycles. The Balaban J connectivity index is 2.18. The number of methoxy groups -OCH3 is 3.